The van der Waals surface area contributed by atoms with Crippen LogP contribution in [-0.2, 0) is 9.53 Å². The normalized spacial score (nSPS) is 18.2. The minimum absolute atomic E-state index is 0.225. The molecule has 2 rings (SSSR count). The van der Waals surface area contributed by atoms with Gasteiger partial charge in [-0.2, -0.15) is 5.26 Å². The number of piperidine rings is 1. The molecule has 0 N–H and O–H groups in total. The van der Waals surface area contributed by atoms with Crippen LogP contribution in [0.1, 0.15) is 35.2 Å². The number of amides is 1. The van der Waals surface area contributed by atoms with E-state index in [-0.39, 0.29) is 11.9 Å². The average Bonchev–Trinajstić information content (AvgIpc) is 2.53. The van der Waals surface area contributed by atoms with E-state index in [4.69, 9.17) is 10.00 Å². The van der Waals surface area contributed by atoms with Crippen LogP contribution >= 0.6 is 0 Å². The number of hydrogen-bond acceptors (Lipinski definition) is 4. The minimum Gasteiger partial charge on any atom is -0.467 e. The monoisotopic (exact) mass is 272 g/mol. The van der Waals surface area contributed by atoms with E-state index in [1.165, 1.54) is 7.11 Å². The standard InChI is InChI=1S/C15H16N2O3/c1-20-15(19)13-7-2-3-8-17(13)14(18)12-6-4-5-11(9-12)10-16/h4-6,9,13H,2-3,7-8H2,1H3. The summed E-state index contributed by atoms with van der Waals surface area (Å²) < 4.78 is 4.77. The molecule has 0 spiro atoms. The maximum atomic E-state index is 12.5. The van der Waals surface area contributed by atoms with Crippen LogP contribution in [0, 0.1) is 11.3 Å². The van der Waals surface area contributed by atoms with E-state index in [0.717, 1.165) is 12.8 Å². The van der Waals surface area contributed by atoms with Crippen LogP contribution in [0.2, 0.25) is 0 Å². The van der Waals surface area contributed by atoms with Crippen molar-refractivity contribution in [3.8, 4) is 6.07 Å². The van der Waals surface area contributed by atoms with Crippen LogP contribution in [0.4, 0.5) is 0 Å². The first-order valence-electron chi connectivity index (χ1n) is 6.56. The molecule has 20 heavy (non-hydrogen) atoms. The van der Waals surface area contributed by atoms with Gasteiger partial charge >= 0.3 is 5.97 Å². The molecular weight excluding hydrogens is 256 g/mol. The first-order chi connectivity index (χ1) is 9.67. The average molecular weight is 272 g/mol. The largest absolute Gasteiger partial charge is 0.467 e. The van der Waals surface area contributed by atoms with E-state index in [1.54, 1.807) is 29.2 Å². The Morgan fingerprint density at radius 1 is 1.40 bits per heavy atom. The maximum absolute atomic E-state index is 12.5. The molecule has 5 heteroatoms. The van der Waals surface area contributed by atoms with Crippen molar-refractivity contribution in [3.05, 3.63) is 35.4 Å². The van der Waals surface area contributed by atoms with Gasteiger partial charge in [0.2, 0.25) is 0 Å². The lowest BCUT2D eigenvalue weighted by molar-refractivity contribution is -0.147. The van der Waals surface area contributed by atoms with Gasteiger partial charge in [0.25, 0.3) is 5.91 Å². The van der Waals surface area contributed by atoms with Crippen LogP contribution in [0.5, 0.6) is 0 Å². The number of ether oxygens (including phenoxy) is 1. The molecule has 1 fully saturated rings. The second kappa shape index (κ2) is 6.20. The summed E-state index contributed by atoms with van der Waals surface area (Å²) >= 11 is 0. The van der Waals surface area contributed by atoms with E-state index in [2.05, 4.69) is 0 Å². The van der Waals surface area contributed by atoms with Gasteiger partial charge in [-0.15, -0.1) is 0 Å². The lowest BCUT2D eigenvalue weighted by Gasteiger charge is -2.33. The Bertz CT molecular complexity index is 562. The Balaban J connectivity index is 2.25. The predicted molar refractivity (Wildman–Crippen MR) is 71.8 cm³/mol. The molecule has 5 nitrogen and oxygen atoms in total. The van der Waals surface area contributed by atoms with E-state index in [0.29, 0.717) is 24.1 Å². The van der Waals surface area contributed by atoms with Crippen molar-refractivity contribution in [2.75, 3.05) is 13.7 Å². The highest BCUT2D eigenvalue weighted by Crippen LogP contribution is 2.21. The number of methoxy groups -OCH3 is 1. The summed E-state index contributed by atoms with van der Waals surface area (Å²) in [7, 11) is 1.33. The summed E-state index contributed by atoms with van der Waals surface area (Å²) in [5, 5.41) is 8.88. The Kier molecular flexibility index (Phi) is 4.36. The van der Waals surface area contributed by atoms with Gasteiger partial charge in [0.1, 0.15) is 6.04 Å². The maximum Gasteiger partial charge on any atom is 0.328 e. The van der Waals surface area contributed by atoms with Gasteiger partial charge in [0, 0.05) is 12.1 Å². The predicted octanol–water partition coefficient (Wildman–Crippen LogP) is 1.73. The van der Waals surface area contributed by atoms with Crippen molar-refractivity contribution in [1.29, 1.82) is 5.26 Å². The zero-order valence-corrected chi connectivity index (χ0v) is 11.3. The molecule has 1 atom stereocenters. The van der Waals surface area contributed by atoms with Crippen LogP contribution in [-0.4, -0.2) is 36.5 Å². The van der Waals surface area contributed by atoms with Gasteiger partial charge in [-0.3, -0.25) is 4.79 Å². The number of nitriles is 1. The van der Waals surface area contributed by atoms with Gasteiger partial charge in [-0.05, 0) is 37.5 Å². The third kappa shape index (κ3) is 2.80. The smallest absolute Gasteiger partial charge is 0.328 e. The molecule has 1 heterocycles. The number of rotatable bonds is 2. The topological polar surface area (TPSA) is 70.4 Å². The zero-order valence-electron chi connectivity index (χ0n) is 11.3. The number of likely N-dealkylation sites (tertiary alicyclic amines) is 1. The van der Waals surface area contributed by atoms with Crippen LogP contribution in [0.3, 0.4) is 0 Å². The molecule has 104 valence electrons. The number of hydrogen-bond donors (Lipinski definition) is 0. The van der Waals surface area contributed by atoms with E-state index in [9.17, 15) is 9.59 Å². The molecule has 0 aliphatic carbocycles. The molecule has 1 aliphatic heterocycles. The lowest BCUT2D eigenvalue weighted by atomic mass is 10.0. The van der Waals surface area contributed by atoms with Crippen LogP contribution < -0.4 is 0 Å². The number of esters is 1. The molecule has 1 saturated heterocycles. The Morgan fingerprint density at radius 2 is 2.20 bits per heavy atom. The third-order valence-electron chi connectivity index (χ3n) is 3.48. The second-order valence-electron chi connectivity index (χ2n) is 4.73. The van der Waals surface area contributed by atoms with Gasteiger partial charge in [-0.25, -0.2) is 4.79 Å². The molecule has 1 unspecified atom stereocenters. The van der Waals surface area contributed by atoms with E-state index >= 15 is 0 Å². The summed E-state index contributed by atoms with van der Waals surface area (Å²) in [6.45, 7) is 0.537. The summed E-state index contributed by atoms with van der Waals surface area (Å²) in [6, 6.07) is 8.01. The number of benzene rings is 1. The highest BCUT2D eigenvalue weighted by Gasteiger charge is 2.33. The Morgan fingerprint density at radius 3 is 2.90 bits per heavy atom. The van der Waals surface area contributed by atoms with Crippen LogP contribution in [0.25, 0.3) is 0 Å². The quantitative estimate of drug-likeness (QED) is 0.769. The van der Waals surface area contributed by atoms with Crippen molar-refractivity contribution in [2.45, 2.75) is 25.3 Å². The second-order valence-corrected chi connectivity index (χ2v) is 4.73. The minimum atomic E-state index is -0.521. The first-order valence-corrected chi connectivity index (χ1v) is 6.56. The highest BCUT2D eigenvalue weighted by molar-refractivity contribution is 5.97. The lowest BCUT2D eigenvalue weighted by Crippen LogP contribution is -2.48. The Labute approximate surface area is 117 Å². The van der Waals surface area contributed by atoms with Crippen LogP contribution in [0.15, 0.2) is 24.3 Å². The molecule has 1 aromatic carbocycles. The highest BCUT2D eigenvalue weighted by atomic mass is 16.5. The third-order valence-corrected chi connectivity index (χ3v) is 3.48. The van der Waals surface area contributed by atoms with Crippen molar-refractivity contribution in [3.63, 3.8) is 0 Å². The molecule has 1 amide bonds. The summed E-state index contributed by atoms with van der Waals surface area (Å²) in [4.78, 5) is 25.8. The van der Waals surface area contributed by atoms with Gasteiger partial charge < -0.3 is 9.64 Å². The molecule has 1 aromatic rings. The number of carbonyl (C=O) groups is 2. The Hall–Kier alpha value is -2.35. The molecular formula is C15H16N2O3. The van der Waals surface area contributed by atoms with E-state index in [1.807, 2.05) is 6.07 Å². The van der Waals surface area contributed by atoms with Gasteiger partial charge in [-0.1, -0.05) is 6.07 Å². The summed E-state index contributed by atoms with van der Waals surface area (Å²) in [5.41, 5.74) is 0.863. The van der Waals surface area contributed by atoms with Gasteiger partial charge in [0.15, 0.2) is 0 Å². The number of carbonyl (C=O) groups excluding carboxylic acids is 2. The summed E-state index contributed by atoms with van der Waals surface area (Å²) in [5.74, 6) is -0.605. The van der Waals surface area contributed by atoms with Crippen molar-refractivity contribution in [1.82, 2.24) is 4.90 Å². The van der Waals surface area contributed by atoms with E-state index < -0.39 is 6.04 Å². The fraction of sp³-hybridized carbons (Fsp3) is 0.400. The van der Waals surface area contributed by atoms with Crippen molar-refractivity contribution < 1.29 is 14.3 Å². The number of nitrogens with zero attached hydrogens (tertiary/aromatic N) is 2. The molecule has 1 aliphatic rings. The fourth-order valence-electron chi connectivity index (χ4n) is 2.44. The molecule has 0 aromatic heterocycles. The molecule has 0 bridgehead atoms. The zero-order chi connectivity index (χ0) is 14.5. The fourth-order valence-corrected chi connectivity index (χ4v) is 2.44. The SMILES string of the molecule is COC(=O)C1CCCCN1C(=O)c1cccc(C#N)c1. The van der Waals surface area contributed by atoms with Crippen molar-refractivity contribution >= 4 is 11.9 Å². The van der Waals surface area contributed by atoms with Crippen molar-refractivity contribution in [2.24, 2.45) is 0 Å². The summed E-state index contributed by atoms with van der Waals surface area (Å²) in [6.07, 6.45) is 2.40. The molecule has 0 saturated carbocycles. The van der Waals surface area contributed by atoms with Gasteiger partial charge in [0.05, 0.1) is 18.7 Å². The first kappa shape index (κ1) is 14.1. The molecule has 0 radical (unpaired) electrons.